The van der Waals surface area contributed by atoms with E-state index in [4.69, 9.17) is 4.74 Å². The standard InChI is InChI=1S/C25H28O2S/c1-16-13-18-19(14-21(16)27-5)25(4)12-11-23(28-17-9-7-6-8-10-17)24(2,3)22(25)15-20(18)26/h6-11,13-14,22H,12,15H2,1-5H3. The molecule has 0 radical (unpaired) electrons. The molecule has 0 saturated heterocycles. The monoisotopic (exact) mass is 392 g/mol. The lowest BCUT2D eigenvalue weighted by Crippen LogP contribution is -2.49. The first kappa shape index (κ1) is 19.3. The third-order valence-corrected chi connectivity index (χ3v) is 8.22. The molecule has 0 N–H and O–H groups in total. The Kier molecular flexibility index (Phi) is 4.70. The SMILES string of the molecule is COc1cc2c(cc1C)C(=O)CC1C(C)(C)C(Sc3ccccc3)=CCC21C. The molecule has 0 aromatic heterocycles. The van der Waals surface area contributed by atoms with Crippen molar-refractivity contribution in [3.05, 3.63) is 70.1 Å². The Balaban J connectivity index is 1.80. The van der Waals surface area contributed by atoms with Crippen molar-refractivity contribution >= 4 is 17.5 Å². The molecule has 0 aliphatic heterocycles. The lowest BCUT2D eigenvalue weighted by Gasteiger charge is -2.53. The van der Waals surface area contributed by atoms with Crippen molar-refractivity contribution in [1.29, 1.82) is 0 Å². The predicted molar refractivity (Wildman–Crippen MR) is 116 cm³/mol. The zero-order valence-electron chi connectivity index (χ0n) is 17.3. The van der Waals surface area contributed by atoms with Crippen LogP contribution < -0.4 is 4.74 Å². The van der Waals surface area contributed by atoms with E-state index in [1.807, 2.05) is 30.8 Å². The zero-order chi connectivity index (χ0) is 20.1. The van der Waals surface area contributed by atoms with Gasteiger partial charge in [-0.15, -0.1) is 0 Å². The first-order chi connectivity index (χ1) is 13.3. The van der Waals surface area contributed by atoms with Crippen LogP contribution in [0.15, 0.2) is 58.3 Å². The van der Waals surface area contributed by atoms with Gasteiger partial charge in [0.15, 0.2) is 5.78 Å². The number of allylic oxidation sites excluding steroid dienone is 2. The lowest BCUT2D eigenvalue weighted by atomic mass is 9.52. The Hall–Kier alpha value is -2.00. The summed E-state index contributed by atoms with van der Waals surface area (Å²) in [7, 11) is 1.71. The maximum absolute atomic E-state index is 13.1. The second-order valence-corrected chi connectivity index (χ2v) is 9.99. The summed E-state index contributed by atoms with van der Waals surface area (Å²) in [5.41, 5.74) is 2.94. The minimum atomic E-state index is -0.0705. The molecule has 0 fully saturated rings. The summed E-state index contributed by atoms with van der Waals surface area (Å²) < 4.78 is 5.59. The Morgan fingerprint density at radius 3 is 2.50 bits per heavy atom. The fourth-order valence-corrected chi connectivity index (χ4v) is 6.27. The summed E-state index contributed by atoms with van der Waals surface area (Å²) >= 11 is 1.84. The molecule has 0 heterocycles. The summed E-state index contributed by atoms with van der Waals surface area (Å²) in [5, 5.41) is 0. The summed E-state index contributed by atoms with van der Waals surface area (Å²) in [5.74, 6) is 1.41. The van der Waals surface area contributed by atoms with Gasteiger partial charge in [-0.1, -0.05) is 56.8 Å². The van der Waals surface area contributed by atoms with Crippen LogP contribution in [0.3, 0.4) is 0 Å². The molecule has 2 aliphatic carbocycles. The molecule has 0 spiro atoms. The summed E-state index contributed by atoms with van der Waals surface area (Å²) in [6.45, 7) is 8.96. The fourth-order valence-electron chi connectivity index (χ4n) is 5.15. The smallest absolute Gasteiger partial charge is 0.163 e. The third-order valence-electron chi connectivity index (χ3n) is 6.80. The third kappa shape index (κ3) is 2.91. The predicted octanol–water partition coefficient (Wildman–Crippen LogP) is 6.57. The molecule has 2 atom stereocenters. The van der Waals surface area contributed by atoms with Gasteiger partial charge in [0.1, 0.15) is 5.75 Å². The van der Waals surface area contributed by atoms with Gasteiger partial charge in [0.05, 0.1) is 7.11 Å². The van der Waals surface area contributed by atoms with Crippen molar-refractivity contribution in [3.8, 4) is 5.75 Å². The van der Waals surface area contributed by atoms with E-state index in [2.05, 4.69) is 57.2 Å². The van der Waals surface area contributed by atoms with E-state index in [0.717, 1.165) is 28.9 Å². The van der Waals surface area contributed by atoms with E-state index in [-0.39, 0.29) is 22.5 Å². The molecule has 2 nitrogen and oxygen atoms in total. The lowest BCUT2D eigenvalue weighted by molar-refractivity contribution is 0.0757. The van der Waals surface area contributed by atoms with Gasteiger partial charge in [-0.25, -0.2) is 0 Å². The van der Waals surface area contributed by atoms with E-state index >= 15 is 0 Å². The number of Topliss-reactive ketones (excluding diaryl/α,β-unsaturated/α-hetero) is 1. The number of carbonyl (C=O) groups excluding carboxylic acids is 1. The van der Waals surface area contributed by atoms with Crippen LogP contribution in [0.5, 0.6) is 5.75 Å². The van der Waals surface area contributed by atoms with Crippen molar-refractivity contribution in [2.75, 3.05) is 7.11 Å². The maximum Gasteiger partial charge on any atom is 0.163 e. The summed E-state index contributed by atoms with van der Waals surface area (Å²) in [6, 6.07) is 14.7. The number of hydrogen-bond donors (Lipinski definition) is 0. The van der Waals surface area contributed by atoms with Crippen LogP contribution in [-0.4, -0.2) is 12.9 Å². The summed E-state index contributed by atoms with van der Waals surface area (Å²) in [4.78, 5) is 15.7. The second-order valence-electron chi connectivity index (χ2n) is 8.87. The molecular formula is C25H28O2S. The molecule has 2 aromatic rings. The first-order valence-corrected chi connectivity index (χ1v) is 10.7. The number of hydrogen-bond acceptors (Lipinski definition) is 3. The van der Waals surface area contributed by atoms with E-state index < -0.39 is 0 Å². The summed E-state index contributed by atoms with van der Waals surface area (Å²) in [6.07, 6.45) is 3.96. The Labute approximate surface area is 172 Å². The fraction of sp³-hybridized carbons (Fsp3) is 0.400. The average Bonchev–Trinajstić information content (AvgIpc) is 2.67. The van der Waals surface area contributed by atoms with Crippen LogP contribution in [0.1, 0.15) is 55.1 Å². The van der Waals surface area contributed by atoms with Crippen LogP contribution in [-0.2, 0) is 5.41 Å². The van der Waals surface area contributed by atoms with Gasteiger partial charge in [-0.2, -0.15) is 0 Å². The molecule has 3 heteroatoms. The van der Waals surface area contributed by atoms with E-state index in [1.165, 1.54) is 9.80 Å². The van der Waals surface area contributed by atoms with Gasteiger partial charge in [0.2, 0.25) is 0 Å². The van der Waals surface area contributed by atoms with Crippen molar-refractivity contribution < 1.29 is 9.53 Å². The van der Waals surface area contributed by atoms with Crippen LogP contribution >= 0.6 is 11.8 Å². The molecule has 2 aliphatic rings. The molecule has 0 bridgehead atoms. The van der Waals surface area contributed by atoms with Crippen molar-refractivity contribution in [3.63, 3.8) is 0 Å². The Morgan fingerprint density at radius 1 is 1.11 bits per heavy atom. The highest BCUT2D eigenvalue weighted by Gasteiger charge is 2.53. The van der Waals surface area contributed by atoms with Gasteiger partial charge in [-0.05, 0) is 65.0 Å². The molecule has 4 rings (SSSR count). The van der Waals surface area contributed by atoms with Crippen LogP contribution in [0.4, 0.5) is 0 Å². The maximum atomic E-state index is 13.1. The van der Waals surface area contributed by atoms with Crippen molar-refractivity contribution in [1.82, 2.24) is 0 Å². The molecule has 146 valence electrons. The van der Waals surface area contributed by atoms with Crippen molar-refractivity contribution in [2.24, 2.45) is 11.3 Å². The number of rotatable bonds is 3. The van der Waals surface area contributed by atoms with Crippen LogP contribution in [0.25, 0.3) is 0 Å². The zero-order valence-corrected chi connectivity index (χ0v) is 18.2. The number of aryl methyl sites for hydroxylation is 1. The molecule has 0 amide bonds. The normalized spacial score (nSPS) is 25.5. The molecular weight excluding hydrogens is 364 g/mol. The highest BCUT2D eigenvalue weighted by Crippen LogP contribution is 2.60. The number of carbonyl (C=O) groups is 1. The van der Waals surface area contributed by atoms with E-state index in [0.29, 0.717) is 6.42 Å². The van der Waals surface area contributed by atoms with E-state index in [9.17, 15) is 4.79 Å². The average molecular weight is 393 g/mol. The molecule has 2 unspecified atom stereocenters. The number of fused-ring (bicyclic) bond motifs is 3. The number of thioether (sulfide) groups is 1. The van der Waals surface area contributed by atoms with Gasteiger partial charge in [0, 0.05) is 22.3 Å². The van der Waals surface area contributed by atoms with Crippen LogP contribution in [0, 0.1) is 18.3 Å². The topological polar surface area (TPSA) is 26.3 Å². The number of ketones is 1. The van der Waals surface area contributed by atoms with Gasteiger partial charge < -0.3 is 4.74 Å². The molecule has 28 heavy (non-hydrogen) atoms. The van der Waals surface area contributed by atoms with Gasteiger partial charge in [0.25, 0.3) is 0 Å². The molecule has 2 aromatic carbocycles. The highest BCUT2D eigenvalue weighted by molar-refractivity contribution is 8.03. The quantitative estimate of drug-likeness (QED) is 0.591. The first-order valence-electron chi connectivity index (χ1n) is 9.93. The van der Waals surface area contributed by atoms with E-state index in [1.54, 1.807) is 7.11 Å². The second kappa shape index (κ2) is 6.81. The number of ether oxygens (including phenoxy) is 1. The highest BCUT2D eigenvalue weighted by atomic mass is 32.2. The Morgan fingerprint density at radius 2 is 1.82 bits per heavy atom. The van der Waals surface area contributed by atoms with Gasteiger partial charge >= 0.3 is 0 Å². The van der Waals surface area contributed by atoms with Crippen LogP contribution in [0.2, 0.25) is 0 Å². The minimum absolute atomic E-state index is 0.0610. The van der Waals surface area contributed by atoms with Gasteiger partial charge in [-0.3, -0.25) is 4.79 Å². The number of methoxy groups -OCH3 is 1. The molecule has 0 saturated carbocycles. The minimum Gasteiger partial charge on any atom is -0.496 e. The Bertz CT molecular complexity index is 958. The van der Waals surface area contributed by atoms with Crippen molar-refractivity contribution in [2.45, 2.75) is 50.8 Å². The number of benzene rings is 2. The largest absolute Gasteiger partial charge is 0.496 e.